The summed E-state index contributed by atoms with van der Waals surface area (Å²) in [5.41, 5.74) is 10.8. The number of rotatable bonds is 9. The Kier molecular flexibility index (Phi) is 10.1. The maximum absolute atomic E-state index is 5.31. The fourth-order valence-electron chi connectivity index (χ4n) is 9.61. The van der Waals surface area contributed by atoms with E-state index in [1.807, 2.05) is 36.4 Å². The van der Waals surface area contributed by atoms with Crippen LogP contribution in [-0.2, 0) is 0 Å². The van der Waals surface area contributed by atoms with Gasteiger partial charge in [0.25, 0.3) is 0 Å². The molecule has 0 spiro atoms. The first-order valence-corrected chi connectivity index (χ1v) is 26.1. The van der Waals surface area contributed by atoms with Gasteiger partial charge in [-0.1, -0.05) is 12.1 Å². The molecule has 64 heavy (non-hydrogen) atoms. The van der Waals surface area contributed by atoms with Gasteiger partial charge in [0, 0.05) is 0 Å². The summed E-state index contributed by atoms with van der Waals surface area (Å²) >= 11 is -3.71. The molecule has 0 fully saturated rings. The van der Waals surface area contributed by atoms with Gasteiger partial charge in [0.1, 0.15) is 0 Å². The van der Waals surface area contributed by atoms with Crippen LogP contribution in [0.15, 0.2) is 231 Å². The Morgan fingerprint density at radius 1 is 0.344 bits per heavy atom. The van der Waals surface area contributed by atoms with Crippen molar-refractivity contribution in [2.75, 3.05) is 0 Å². The van der Waals surface area contributed by atoms with Crippen molar-refractivity contribution in [1.82, 2.24) is 19.5 Å². The van der Waals surface area contributed by atoms with E-state index in [-0.39, 0.29) is 0 Å². The van der Waals surface area contributed by atoms with E-state index >= 15 is 0 Å². The van der Waals surface area contributed by atoms with Crippen molar-refractivity contribution in [3.8, 4) is 51.0 Å². The van der Waals surface area contributed by atoms with Crippen molar-refractivity contribution < 1.29 is 0 Å². The molecule has 11 aromatic rings. The maximum atomic E-state index is 5.31. The molecule has 0 N–H and O–H groups in total. The molecule has 0 aliphatic carbocycles. The van der Waals surface area contributed by atoms with Gasteiger partial charge in [0.2, 0.25) is 0 Å². The monoisotopic (exact) mass is 882 g/mol. The minimum atomic E-state index is -3.71. The molecule has 0 unspecified atom stereocenters. The van der Waals surface area contributed by atoms with E-state index in [0.29, 0.717) is 17.5 Å². The molecule has 4 nitrogen and oxygen atoms in total. The number of hydrogen-bond acceptors (Lipinski definition) is 3. The van der Waals surface area contributed by atoms with E-state index in [1.54, 1.807) is 0 Å². The Morgan fingerprint density at radius 2 is 0.766 bits per heavy atom. The van der Waals surface area contributed by atoms with Crippen LogP contribution in [0.4, 0.5) is 0 Å². The molecular weight excluding hydrogens is 837 g/mol. The van der Waals surface area contributed by atoms with Crippen LogP contribution in [0.1, 0.15) is 11.1 Å². The number of hydrogen-bond donors (Lipinski definition) is 0. The minimum absolute atomic E-state index is 0.613. The van der Waals surface area contributed by atoms with E-state index in [0.717, 1.165) is 39.0 Å². The molecule has 2 heterocycles. The molecule has 0 saturated heterocycles. The Bertz CT molecular complexity index is 3230. The molecule has 0 bridgehead atoms. The standard InChI is InChI=1S/C59H44GeN4/c1-41-32-36-54-51(38-41)52-39-42(2)33-37-55(52)64(54)56-40-45(34-35-50(56)59-62-57(43-20-8-3-9-21-43)61-58(63-59)44-22-10-4-11-23-44)49-30-18-19-31-53(49)60(46-24-12-5-13-25-46,47-26-14-6-15-27-47)48-28-16-7-17-29-48/h3-40H,1-2H3. The second-order valence-corrected chi connectivity index (χ2v) is 24.5. The van der Waals surface area contributed by atoms with Gasteiger partial charge in [-0.05, 0) is 0 Å². The predicted molar refractivity (Wildman–Crippen MR) is 269 cm³/mol. The number of aryl methyl sites for hydroxylation is 2. The van der Waals surface area contributed by atoms with Crippen LogP contribution < -0.4 is 17.6 Å². The van der Waals surface area contributed by atoms with Crippen LogP contribution in [0.2, 0.25) is 0 Å². The zero-order valence-corrected chi connectivity index (χ0v) is 37.8. The van der Waals surface area contributed by atoms with Crippen LogP contribution in [0.25, 0.3) is 72.8 Å². The summed E-state index contributed by atoms with van der Waals surface area (Å²) in [4.78, 5) is 15.7. The fourth-order valence-corrected chi connectivity index (χ4v) is 20.1. The molecular formula is C59H44GeN4. The van der Waals surface area contributed by atoms with Gasteiger partial charge in [-0.15, -0.1) is 0 Å². The van der Waals surface area contributed by atoms with E-state index in [4.69, 9.17) is 15.0 Å². The quantitative estimate of drug-likeness (QED) is 0.136. The average Bonchev–Trinajstić information content (AvgIpc) is 3.68. The van der Waals surface area contributed by atoms with Gasteiger partial charge in [-0.25, -0.2) is 0 Å². The topological polar surface area (TPSA) is 43.6 Å². The van der Waals surface area contributed by atoms with Crippen LogP contribution >= 0.6 is 0 Å². The van der Waals surface area contributed by atoms with Crippen LogP contribution in [0.3, 0.4) is 0 Å². The second-order valence-electron chi connectivity index (χ2n) is 16.5. The summed E-state index contributed by atoms with van der Waals surface area (Å²) in [7, 11) is 0. The molecule has 11 rings (SSSR count). The third kappa shape index (κ3) is 6.84. The van der Waals surface area contributed by atoms with Gasteiger partial charge in [0.05, 0.1) is 0 Å². The van der Waals surface area contributed by atoms with Gasteiger partial charge >= 0.3 is 367 Å². The molecule has 9 aromatic carbocycles. The summed E-state index contributed by atoms with van der Waals surface area (Å²) in [6.45, 7) is 4.35. The molecule has 5 heteroatoms. The molecule has 0 aliphatic rings. The van der Waals surface area contributed by atoms with Crippen molar-refractivity contribution in [3.05, 3.63) is 242 Å². The molecule has 0 saturated carbocycles. The van der Waals surface area contributed by atoms with Crippen molar-refractivity contribution in [2.45, 2.75) is 13.8 Å². The Balaban J connectivity index is 1.24. The Hall–Kier alpha value is -7.67. The van der Waals surface area contributed by atoms with Crippen molar-refractivity contribution >= 4 is 52.7 Å². The van der Waals surface area contributed by atoms with Gasteiger partial charge < -0.3 is 0 Å². The van der Waals surface area contributed by atoms with Gasteiger partial charge in [0.15, 0.2) is 0 Å². The van der Waals surface area contributed by atoms with E-state index < -0.39 is 13.3 Å². The molecule has 2 aromatic heterocycles. The first-order valence-electron chi connectivity index (χ1n) is 21.9. The first-order chi connectivity index (χ1) is 31.6. The zero-order valence-electron chi connectivity index (χ0n) is 35.7. The van der Waals surface area contributed by atoms with Gasteiger partial charge in [-0.3, -0.25) is 0 Å². The van der Waals surface area contributed by atoms with Crippen LogP contribution in [0.5, 0.6) is 0 Å². The molecule has 0 radical (unpaired) electrons. The number of nitrogens with zero attached hydrogens (tertiary/aromatic N) is 4. The van der Waals surface area contributed by atoms with E-state index in [2.05, 4.69) is 213 Å². The van der Waals surface area contributed by atoms with Crippen molar-refractivity contribution in [2.24, 2.45) is 0 Å². The molecule has 0 atom stereocenters. The first kappa shape index (κ1) is 39.2. The molecule has 304 valence electrons. The fraction of sp³-hybridized carbons (Fsp3) is 0.0339. The predicted octanol–water partition coefficient (Wildman–Crippen LogP) is 11.6. The summed E-state index contributed by atoms with van der Waals surface area (Å²) in [6.07, 6.45) is 0. The number of aromatic nitrogens is 4. The van der Waals surface area contributed by atoms with Gasteiger partial charge in [-0.2, -0.15) is 0 Å². The third-order valence-corrected chi connectivity index (χ3v) is 22.7. The van der Waals surface area contributed by atoms with Crippen LogP contribution in [0, 0.1) is 13.8 Å². The summed E-state index contributed by atoms with van der Waals surface area (Å²) in [5.74, 6) is 1.87. The van der Waals surface area contributed by atoms with Crippen molar-refractivity contribution in [3.63, 3.8) is 0 Å². The number of benzene rings is 9. The van der Waals surface area contributed by atoms with E-state index in [1.165, 1.54) is 45.0 Å². The van der Waals surface area contributed by atoms with Crippen molar-refractivity contribution in [1.29, 1.82) is 0 Å². The SMILES string of the molecule is Cc1ccc2c(c1)c1cc(C)ccc1n2-c1cc(-c2cccc[c]2[Ge]([c]2ccccc2)([c]2ccccc2)[c]2ccccc2)ccc1-c1nc(-c2ccccc2)nc(-c2ccccc2)n1. The Labute approximate surface area is 376 Å². The summed E-state index contributed by atoms with van der Waals surface area (Å²) in [6, 6.07) is 83.8. The summed E-state index contributed by atoms with van der Waals surface area (Å²) < 4.78 is 7.94. The molecule has 0 aliphatic heterocycles. The zero-order chi connectivity index (χ0) is 43.0. The normalized spacial score (nSPS) is 11.6. The van der Waals surface area contributed by atoms with E-state index in [9.17, 15) is 0 Å². The molecule has 0 amide bonds. The second kappa shape index (κ2) is 16.6. The average molecular weight is 882 g/mol. The number of fused-ring (bicyclic) bond motifs is 3. The Morgan fingerprint density at radius 3 is 1.25 bits per heavy atom. The van der Waals surface area contributed by atoms with Crippen LogP contribution in [-0.4, -0.2) is 32.8 Å². The third-order valence-electron chi connectivity index (χ3n) is 12.5. The summed E-state index contributed by atoms with van der Waals surface area (Å²) in [5, 5.41) is 2.43.